The molecule has 1 nitrogen and oxygen atoms in total. The summed E-state index contributed by atoms with van der Waals surface area (Å²) in [6, 6.07) is 4.73. The van der Waals surface area contributed by atoms with Gasteiger partial charge < -0.3 is 5.32 Å². The zero-order valence-electron chi connectivity index (χ0n) is 9.49. The molecule has 0 aliphatic heterocycles. The monoisotopic (exact) mass is 263 g/mol. The van der Waals surface area contributed by atoms with Gasteiger partial charge in [-0.05, 0) is 31.0 Å². The van der Waals surface area contributed by atoms with Crippen molar-refractivity contribution in [1.29, 1.82) is 0 Å². The van der Waals surface area contributed by atoms with Crippen molar-refractivity contribution in [3.8, 4) is 0 Å². The number of halogens is 3. The zero-order chi connectivity index (χ0) is 12.2. The van der Waals surface area contributed by atoms with Crippen LogP contribution in [0.2, 0.25) is 5.02 Å². The minimum Gasteiger partial charge on any atom is -0.306 e. The number of rotatable bonds is 5. The van der Waals surface area contributed by atoms with Crippen LogP contribution >= 0.6 is 23.2 Å². The maximum Gasteiger partial charge on any atom is 0.141 e. The van der Waals surface area contributed by atoms with Crippen LogP contribution in [-0.2, 0) is 6.54 Å². The first-order valence-corrected chi connectivity index (χ1v) is 6.17. The second-order valence-corrected chi connectivity index (χ2v) is 4.82. The standard InChI is InChI=1S/C12H16Cl2FN/c1-3-12(2,8-13)16-7-9-4-5-11(15)10(14)6-9/h4-6,16H,3,7-8H2,1-2H3. The van der Waals surface area contributed by atoms with E-state index in [4.69, 9.17) is 23.2 Å². The van der Waals surface area contributed by atoms with Crippen LogP contribution in [0, 0.1) is 5.82 Å². The molecule has 0 radical (unpaired) electrons. The van der Waals surface area contributed by atoms with Gasteiger partial charge in [0.25, 0.3) is 0 Å². The van der Waals surface area contributed by atoms with Crippen LogP contribution in [0.5, 0.6) is 0 Å². The van der Waals surface area contributed by atoms with Crippen LogP contribution < -0.4 is 5.32 Å². The molecule has 1 aromatic rings. The van der Waals surface area contributed by atoms with Crippen molar-refractivity contribution in [3.63, 3.8) is 0 Å². The van der Waals surface area contributed by atoms with Crippen molar-refractivity contribution in [2.75, 3.05) is 5.88 Å². The van der Waals surface area contributed by atoms with Crippen LogP contribution in [0.15, 0.2) is 18.2 Å². The fourth-order valence-corrected chi connectivity index (χ4v) is 1.72. The van der Waals surface area contributed by atoms with Gasteiger partial charge in [0.05, 0.1) is 5.02 Å². The highest BCUT2D eigenvalue weighted by atomic mass is 35.5. The zero-order valence-corrected chi connectivity index (χ0v) is 11.0. The van der Waals surface area contributed by atoms with Gasteiger partial charge in [-0.25, -0.2) is 4.39 Å². The smallest absolute Gasteiger partial charge is 0.141 e. The largest absolute Gasteiger partial charge is 0.306 e. The molecule has 0 aliphatic carbocycles. The van der Waals surface area contributed by atoms with Gasteiger partial charge in [0.1, 0.15) is 5.82 Å². The molecular formula is C12H16Cl2FN. The Morgan fingerprint density at radius 2 is 2.12 bits per heavy atom. The molecule has 0 fully saturated rings. The van der Waals surface area contributed by atoms with Gasteiger partial charge >= 0.3 is 0 Å². The minimum atomic E-state index is -0.388. The highest BCUT2D eigenvalue weighted by Crippen LogP contribution is 2.17. The Labute approximate surface area is 106 Å². The van der Waals surface area contributed by atoms with Crippen LogP contribution in [0.1, 0.15) is 25.8 Å². The molecule has 4 heteroatoms. The minimum absolute atomic E-state index is 0.0948. The fourth-order valence-electron chi connectivity index (χ4n) is 1.23. The number of benzene rings is 1. The summed E-state index contributed by atoms with van der Waals surface area (Å²) in [5.41, 5.74) is 0.860. The van der Waals surface area contributed by atoms with Gasteiger partial charge in [0.15, 0.2) is 0 Å². The van der Waals surface area contributed by atoms with Crippen LogP contribution in [0.25, 0.3) is 0 Å². The van der Waals surface area contributed by atoms with Gasteiger partial charge in [0, 0.05) is 18.0 Å². The maximum atomic E-state index is 12.9. The molecular weight excluding hydrogens is 248 g/mol. The summed E-state index contributed by atoms with van der Waals surface area (Å²) in [7, 11) is 0. The van der Waals surface area contributed by atoms with Crippen molar-refractivity contribution >= 4 is 23.2 Å². The molecule has 1 aromatic carbocycles. The van der Waals surface area contributed by atoms with E-state index in [2.05, 4.69) is 19.2 Å². The molecule has 0 aromatic heterocycles. The first-order chi connectivity index (χ1) is 7.50. The first-order valence-electron chi connectivity index (χ1n) is 5.25. The predicted octanol–water partition coefficient (Wildman–Crippen LogP) is 3.98. The molecule has 0 heterocycles. The van der Waals surface area contributed by atoms with Gasteiger partial charge in [-0.2, -0.15) is 0 Å². The Morgan fingerprint density at radius 3 is 2.62 bits per heavy atom. The lowest BCUT2D eigenvalue weighted by Gasteiger charge is -2.27. The Morgan fingerprint density at radius 1 is 1.44 bits per heavy atom. The average molecular weight is 264 g/mol. The third kappa shape index (κ3) is 3.62. The molecule has 1 N–H and O–H groups in total. The van der Waals surface area contributed by atoms with Crippen molar-refractivity contribution in [2.24, 2.45) is 0 Å². The summed E-state index contributed by atoms with van der Waals surface area (Å²) >= 11 is 11.6. The highest BCUT2D eigenvalue weighted by molar-refractivity contribution is 6.30. The Balaban J connectivity index is 2.64. The van der Waals surface area contributed by atoms with Crippen molar-refractivity contribution in [1.82, 2.24) is 5.32 Å². The number of alkyl halides is 1. The molecule has 1 rings (SSSR count). The van der Waals surface area contributed by atoms with Crippen molar-refractivity contribution in [3.05, 3.63) is 34.6 Å². The molecule has 0 aliphatic rings. The van der Waals surface area contributed by atoms with E-state index >= 15 is 0 Å². The summed E-state index contributed by atoms with van der Waals surface area (Å²) in [5, 5.41) is 3.50. The summed E-state index contributed by atoms with van der Waals surface area (Å²) in [6.45, 7) is 4.77. The Kier molecular flexibility index (Phi) is 5.03. The first kappa shape index (κ1) is 13.8. The van der Waals surface area contributed by atoms with E-state index in [9.17, 15) is 4.39 Å². The predicted molar refractivity (Wildman–Crippen MR) is 67.7 cm³/mol. The highest BCUT2D eigenvalue weighted by Gasteiger charge is 2.19. The lowest BCUT2D eigenvalue weighted by molar-refractivity contribution is 0.379. The molecule has 16 heavy (non-hydrogen) atoms. The summed E-state index contributed by atoms with van der Waals surface area (Å²) < 4.78 is 12.9. The van der Waals surface area contributed by atoms with E-state index in [1.165, 1.54) is 6.07 Å². The molecule has 0 amide bonds. The topological polar surface area (TPSA) is 12.0 Å². The summed E-state index contributed by atoms with van der Waals surface area (Å²) in [5.74, 6) is 0.152. The average Bonchev–Trinajstić information content (AvgIpc) is 2.30. The van der Waals surface area contributed by atoms with Crippen LogP contribution in [0.4, 0.5) is 4.39 Å². The molecule has 1 unspecified atom stereocenters. The fraction of sp³-hybridized carbons (Fsp3) is 0.500. The van der Waals surface area contributed by atoms with E-state index < -0.39 is 0 Å². The van der Waals surface area contributed by atoms with E-state index in [-0.39, 0.29) is 16.4 Å². The Hall–Kier alpha value is -0.310. The summed E-state index contributed by atoms with van der Waals surface area (Å²) in [4.78, 5) is 0. The molecule has 90 valence electrons. The summed E-state index contributed by atoms with van der Waals surface area (Å²) in [6.07, 6.45) is 0.936. The van der Waals surface area contributed by atoms with Crippen molar-refractivity contribution in [2.45, 2.75) is 32.4 Å². The van der Waals surface area contributed by atoms with Gasteiger partial charge in [0.2, 0.25) is 0 Å². The van der Waals surface area contributed by atoms with E-state index in [1.54, 1.807) is 12.1 Å². The lowest BCUT2D eigenvalue weighted by atomic mass is 10.0. The van der Waals surface area contributed by atoms with E-state index in [0.717, 1.165) is 12.0 Å². The lowest BCUT2D eigenvalue weighted by Crippen LogP contribution is -2.42. The number of nitrogens with one attached hydrogen (secondary N) is 1. The molecule has 0 spiro atoms. The van der Waals surface area contributed by atoms with Gasteiger partial charge in [-0.3, -0.25) is 0 Å². The molecule has 0 saturated carbocycles. The SMILES string of the molecule is CCC(C)(CCl)NCc1ccc(F)c(Cl)c1. The van der Waals surface area contributed by atoms with Gasteiger partial charge in [-0.15, -0.1) is 11.6 Å². The van der Waals surface area contributed by atoms with Crippen LogP contribution in [0.3, 0.4) is 0 Å². The van der Waals surface area contributed by atoms with Crippen molar-refractivity contribution < 1.29 is 4.39 Å². The Bertz CT molecular complexity index is 351. The third-order valence-corrected chi connectivity index (χ3v) is 3.66. The van der Waals surface area contributed by atoms with E-state index in [0.29, 0.717) is 12.4 Å². The van der Waals surface area contributed by atoms with E-state index in [1.807, 2.05) is 0 Å². The molecule has 0 saturated heterocycles. The van der Waals surface area contributed by atoms with Gasteiger partial charge in [-0.1, -0.05) is 24.6 Å². The second-order valence-electron chi connectivity index (χ2n) is 4.15. The normalized spacial score (nSPS) is 14.8. The number of hydrogen-bond donors (Lipinski definition) is 1. The number of hydrogen-bond acceptors (Lipinski definition) is 1. The quantitative estimate of drug-likeness (QED) is 0.793. The molecule has 1 atom stereocenters. The maximum absolute atomic E-state index is 12.9. The molecule has 0 bridgehead atoms. The van der Waals surface area contributed by atoms with Crippen LogP contribution in [-0.4, -0.2) is 11.4 Å². The third-order valence-electron chi connectivity index (χ3n) is 2.78. The second kappa shape index (κ2) is 5.85.